The number of benzene rings is 2. The van der Waals surface area contributed by atoms with Crippen LogP contribution in [-0.2, 0) is 17.6 Å². The van der Waals surface area contributed by atoms with Crippen LogP contribution < -0.4 is 5.32 Å². The lowest BCUT2D eigenvalue weighted by atomic mass is 9.96. The molecule has 0 aliphatic carbocycles. The van der Waals surface area contributed by atoms with Gasteiger partial charge >= 0.3 is 0 Å². The van der Waals surface area contributed by atoms with Crippen molar-refractivity contribution >= 4 is 11.6 Å². The monoisotopic (exact) mass is 335 g/mol. The molecule has 1 amide bonds. The van der Waals surface area contributed by atoms with Crippen LogP contribution in [0.15, 0.2) is 48.5 Å². The average Bonchev–Trinajstić information content (AvgIpc) is 3.16. The van der Waals surface area contributed by atoms with E-state index in [0.717, 1.165) is 23.2 Å². The van der Waals surface area contributed by atoms with Gasteiger partial charge in [-0.25, -0.2) is 0 Å². The van der Waals surface area contributed by atoms with E-state index in [1.54, 1.807) is 0 Å². The molecule has 128 valence electrons. The standard InChI is InChI=1S/C19H21N5O/c1-3-15-6-4-5-7-17(15)20-19(25)16(18-21-23-24-22-18)12-14-10-8-13(2)9-11-14/h4-11,16H,3,12H2,1-2H3,(H,20,25)(H,21,22,23,24). The van der Waals surface area contributed by atoms with E-state index in [-0.39, 0.29) is 5.91 Å². The van der Waals surface area contributed by atoms with Crippen LogP contribution in [0.1, 0.15) is 35.4 Å². The van der Waals surface area contributed by atoms with Crippen LogP contribution in [0.25, 0.3) is 0 Å². The molecule has 1 atom stereocenters. The highest BCUT2D eigenvalue weighted by Crippen LogP contribution is 2.22. The SMILES string of the molecule is CCc1ccccc1NC(=O)C(Cc1ccc(C)cc1)c1nn[nH]n1. The molecule has 1 unspecified atom stereocenters. The molecule has 3 rings (SSSR count). The quantitative estimate of drug-likeness (QED) is 0.725. The maximum Gasteiger partial charge on any atom is 0.235 e. The zero-order chi connectivity index (χ0) is 17.6. The fourth-order valence-corrected chi connectivity index (χ4v) is 2.75. The molecule has 0 spiro atoms. The summed E-state index contributed by atoms with van der Waals surface area (Å²) in [5, 5.41) is 17.1. The van der Waals surface area contributed by atoms with E-state index < -0.39 is 5.92 Å². The van der Waals surface area contributed by atoms with Gasteiger partial charge in [0.25, 0.3) is 0 Å². The number of rotatable bonds is 6. The Hall–Kier alpha value is -3.02. The predicted molar refractivity (Wildman–Crippen MR) is 96.3 cm³/mol. The minimum absolute atomic E-state index is 0.136. The third-order valence-electron chi connectivity index (χ3n) is 4.21. The molecule has 1 heterocycles. The molecule has 0 radical (unpaired) electrons. The molecule has 3 aromatic rings. The Labute approximate surface area is 146 Å². The van der Waals surface area contributed by atoms with Gasteiger partial charge in [0.05, 0.1) is 0 Å². The van der Waals surface area contributed by atoms with Crippen molar-refractivity contribution in [3.63, 3.8) is 0 Å². The molecule has 6 nitrogen and oxygen atoms in total. The minimum atomic E-state index is -0.508. The van der Waals surface area contributed by atoms with Gasteiger partial charge in [-0.2, -0.15) is 5.21 Å². The molecular formula is C19H21N5O. The number of aryl methyl sites for hydroxylation is 2. The first-order valence-electron chi connectivity index (χ1n) is 8.35. The van der Waals surface area contributed by atoms with Crippen molar-refractivity contribution in [1.82, 2.24) is 20.6 Å². The second-order valence-electron chi connectivity index (χ2n) is 6.01. The number of nitrogens with one attached hydrogen (secondary N) is 2. The lowest BCUT2D eigenvalue weighted by Gasteiger charge is -2.16. The fourth-order valence-electron chi connectivity index (χ4n) is 2.75. The highest BCUT2D eigenvalue weighted by molar-refractivity contribution is 5.96. The Morgan fingerprint density at radius 1 is 1.16 bits per heavy atom. The lowest BCUT2D eigenvalue weighted by molar-refractivity contribution is -0.117. The smallest absolute Gasteiger partial charge is 0.235 e. The van der Waals surface area contributed by atoms with Gasteiger partial charge in [-0.1, -0.05) is 60.2 Å². The fraction of sp³-hybridized carbons (Fsp3) is 0.263. The summed E-state index contributed by atoms with van der Waals surface area (Å²) in [6, 6.07) is 15.9. The topological polar surface area (TPSA) is 83.6 Å². The van der Waals surface area contributed by atoms with E-state index in [0.29, 0.717) is 12.2 Å². The van der Waals surface area contributed by atoms with Crippen LogP contribution in [0.4, 0.5) is 5.69 Å². The van der Waals surface area contributed by atoms with Gasteiger partial charge in [0, 0.05) is 5.69 Å². The van der Waals surface area contributed by atoms with Crippen LogP contribution >= 0.6 is 0 Å². The van der Waals surface area contributed by atoms with Crippen LogP contribution in [0.5, 0.6) is 0 Å². The van der Waals surface area contributed by atoms with Crippen molar-refractivity contribution in [3.8, 4) is 0 Å². The van der Waals surface area contributed by atoms with Crippen molar-refractivity contribution in [2.45, 2.75) is 32.6 Å². The number of aromatic amines is 1. The van der Waals surface area contributed by atoms with E-state index >= 15 is 0 Å². The third-order valence-corrected chi connectivity index (χ3v) is 4.21. The van der Waals surface area contributed by atoms with Gasteiger partial charge in [0.15, 0.2) is 5.82 Å². The predicted octanol–water partition coefficient (Wildman–Crippen LogP) is 3.04. The summed E-state index contributed by atoms with van der Waals surface area (Å²) in [6.07, 6.45) is 1.36. The van der Waals surface area contributed by atoms with Crippen LogP contribution in [-0.4, -0.2) is 26.5 Å². The summed E-state index contributed by atoms with van der Waals surface area (Å²) in [6.45, 7) is 4.10. The van der Waals surface area contributed by atoms with Crippen LogP contribution in [0.2, 0.25) is 0 Å². The number of hydrogen-bond acceptors (Lipinski definition) is 4. The highest BCUT2D eigenvalue weighted by Gasteiger charge is 2.25. The van der Waals surface area contributed by atoms with Crippen molar-refractivity contribution in [2.75, 3.05) is 5.32 Å². The maximum absolute atomic E-state index is 12.9. The van der Waals surface area contributed by atoms with Gasteiger partial charge in [-0.3, -0.25) is 4.79 Å². The molecule has 0 saturated carbocycles. The first kappa shape index (κ1) is 16.8. The molecule has 6 heteroatoms. The third kappa shape index (κ3) is 4.09. The van der Waals surface area contributed by atoms with E-state index in [4.69, 9.17) is 0 Å². The molecule has 0 bridgehead atoms. The number of nitrogens with zero attached hydrogens (tertiary/aromatic N) is 3. The van der Waals surface area contributed by atoms with Crippen molar-refractivity contribution in [3.05, 3.63) is 71.0 Å². The maximum atomic E-state index is 12.9. The largest absolute Gasteiger partial charge is 0.325 e. The van der Waals surface area contributed by atoms with Crippen LogP contribution in [0, 0.1) is 6.92 Å². The number of H-pyrrole nitrogens is 1. The van der Waals surface area contributed by atoms with E-state index in [2.05, 4.69) is 32.9 Å². The van der Waals surface area contributed by atoms with E-state index in [9.17, 15) is 4.79 Å². The van der Waals surface area contributed by atoms with Gasteiger partial charge in [-0.15, -0.1) is 10.2 Å². The zero-order valence-corrected chi connectivity index (χ0v) is 14.4. The Morgan fingerprint density at radius 3 is 2.60 bits per heavy atom. The molecule has 2 N–H and O–H groups in total. The number of anilines is 1. The highest BCUT2D eigenvalue weighted by atomic mass is 16.1. The Morgan fingerprint density at radius 2 is 1.92 bits per heavy atom. The van der Waals surface area contributed by atoms with E-state index in [1.807, 2.05) is 55.5 Å². The van der Waals surface area contributed by atoms with Crippen LogP contribution in [0.3, 0.4) is 0 Å². The first-order chi connectivity index (χ1) is 12.2. The van der Waals surface area contributed by atoms with Gasteiger partial charge in [0.1, 0.15) is 5.92 Å². The van der Waals surface area contributed by atoms with Crippen molar-refractivity contribution < 1.29 is 4.79 Å². The number of tetrazole rings is 1. The number of aromatic nitrogens is 4. The Balaban J connectivity index is 1.84. The minimum Gasteiger partial charge on any atom is -0.325 e. The summed E-state index contributed by atoms with van der Waals surface area (Å²) in [5.41, 5.74) is 4.16. The molecule has 0 aliphatic rings. The average molecular weight is 335 g/mol. The molecule has 0 saturated heterocycles. The summed E-state index contributed by atoms with van der Waals surface area (Å²) in [7, 11) is 0. The molecule has 1 aromatic heterocycles. The molecule has 0 fully saturated rings. The van der Waals surface area contributed by atoms with Gasteiger partial charge in [-0.05, 0) is 37.0 Å². The Bertz CT molecular complexity index is 827. The lowest BCUT2D eigenvalue weighted by Crippen LogP contribution is -2.24. The second-order valence-corrected chi connectivity index (χ2v) is 6.01. The number of carbonyl (C=O) groups is 1. The second kappa shape index (κ2) is 7.70. The van der Waals surface area contributed by atoms with E-state index in [1.165, 1.54) is 5.56 Å². The van der Waals surface area contributed by atoms with Crippen molar-refractivity contribution in [1.29, 1.82) is 0 Å². The number of hydrogen-bond donors (Lipinski definition) is 2. The number of amides is 1. The summed E-state index contributed by atoms with van der Waals surface area (Å²) in [5.74, 6) is -0.249. The molecule has 0 aliphatic heterocycles. The number of carbonyl (C=O) groups excluding carboxylic acids is 1. The molecular weight excluding hydrogens is 314 g/mol. The molecule has 2 aromatic carbocycles. The normalized spacial score (nSPS) is 11.9. The van der Waals surface area contributed by atoms with Crippen molar-refractivity contribution in [2.24, 2.45) is 0 Å². The van der Waals surface area contributed by atoms with Gasteiger partial charge in [0.2, 0.25) is 5.91 Å². The first-order valence-corrected chi connectivity index (χ1v) is 8.35. The summed E-state index contributed by atoms with van der Waals surface area (Å²) < 4.78 is 0. The zero-order valence-electron chi connectivity index (χ0n) is 14.4. The summed E-state index contributed by atoms with van der Waals surface area (Å²) >= 11 is 0. The van der Waals surface area contributed by atoms with Gasteiger partial charge < -0.3 is 5.32 Å². The number of para-hydroxylation sites is 1. The Kier molecular flexibility index (Phi) is 5.18. The molecule has 25 heavy (non-hydrogen) atoms. The summed E-state index contributed by atoms with van der Waals surface area (Å²) in [4.78, 5) is 12.9.